The standard InChI is InChI=1S/C14H21N3O4/c1-8(2)13-16-12(21-17-13)6-5-11(18)15-10-4-3-9(7-10)14(19)20/h8-10H,3-7H2,1-2H3,(H,15,18)(H,19,20)/t9-,10+/m0/s1. The summed E-state index contributed by atoms with van der Waals surface area (Å²) in [6.45, 7) is 3.95. The molecule has 0 unspecified atom stereocenters. The van der Waals surface area contributed by atoms with Gasteiger partial charge in [0.2, 0.25) is 11.8 Å². The third-order valence-electron chi connectivity index (χ3n) is 3.71. The van der Waals surface area contributed by atoms with E-state index in [2.05, 4.69) is 15.5 Å². The van der Waals surface area contributed by atoms with Crippen LogP contribution in [0.5, 0.6) is 0 Å². The highest BCUT2D eigenvalue weighted by Crippen LogP contribution is 2.25. The second-order valence-electron chi connectivity index (χ2n) is 5.81. The van der Waals surface area contributed by atoms with Gasteiger partial charge in [-0.1, -0.05) is 19.0 Å². The topological polar surface area (TPSA) is 105 Å². The third kappa shape index (κ3) is 4.27. The molecule has 1 aromatic rings. The van der Waals surface area contributed by atoms with Crippen molar-refractivity contribution in [3.8, 4) is 0 Å². The van der Waals surface area contributed by atoms with Crippen molar-refractivity contribution in [2.75, 3.05) is 0 Å². The third-order valence-corrected chi connectivity index (χ3v) is 3.71. The summed E-state index contributed by atoms with van der Waals surface area (Å²) in [5, 5.41) is 15.6. The molecule has 21 heavy (non-hydrogen) atoms. The number of carbonyl (C=O) groups excluding carboxylic acids is 1. The molecule has 1 saturated carbocycles. The lowest BCUT2D eigenvalue weighted by atomic mass is 10.1. The van der Waals surface area contributed by atoms with Gasteiger partial charge in [0.1, 0.15) is 0 Å². The van der Waals surface area contributed by atoms with E-state index >= 15 is 0 Å². The first kappa shape index (κ1) is 15.5. The Bertz CT molecular complexity index is 512. The first-order chi connectivity index (χ1) is 9.95. The van der Waals surface area contributed by atoms with Crippen LogP contribution in [0.1, 0.15) is 57.2 Å². The summed E-state index contributed by atoms with van der Waals surface area (Å²) in [5.74, 6) is 0.0888. The maximum absolute atomic E-state index is 11.8. The summed E-state index contributed by atoms with van der Waals surface area (Å²) >= 11 is 0. The smallest absolute Gasteiger partial charge is 0.306 e. The van der Waals surface area contributed by atoms with E-state index in [1.807, 2.05) is 13.8 Å². The van der Waals surface area contributed by atoms with Crippen LogP contribution in [0.4, 0.5) is 0 Å². The van der Waals surface area contributed by atoms with Gasteiger partial charge in [0.25, 0.3) is 0 Å². The number of carbonyl (C=O) groups is 2. The molecule has 2 rings (SSSR count). The van der Waals surface area contributed by atoms with Crippen LogP contribution in [0.15, 0.2) is 4.52 Å². The fourth-order valence-electron chi connectivity index (χ4n) is 2.46. The monoisotopic (exact) mass is 295 g/mol. The van der Waals surface area contributed by atoms with Crippen molar-refractivity contribution in [2.45, 2.75) is 57.9 Å². The lowest BCUT2D eigenvalue weighted by Crippen LogP contribution is -2.33. The number of aromatic nitrogens is 2. The van der Waals surface area contributed by atoms with Gasteiger partial charge in [-0.15, -0.1) is 0 Å². The zero-order chi connectivity index (χ0) is 15.4. The maximum Gasteiger partial charge on any atom is 0.306 e. The number of nitrogens with one attached hydrogen (secondary N) is 1. The van der Waals surface area contributed by atoms with Crippen LogP contribution in [0.25, 0.3) is 0 Å². The number of amides is 1. The molecule has 1 aliphatic carbocycles. The summed E-state index contributed by atoms with van der Waals surface area (Å²) in [4.78, 5) is 26.9. The molecule has 1 aliphatic rings. The highest BCUT2D eigenvalue weighted by molar-refractivity contribution is 5.77. The minimum atomic E-state index is -0.779. The second-order valence-corrected chi connectivity index (χ2v) is 5.81. The fourth-order valence-corrected chi connectivity index (χ4v) is 2.46. The molecule has 0 aromatic carbocycles. The Kier molecular flexibility index (Phi) is 4.93. The van der Waals surface area contributed by atoms with Crippen LogP contribution in [-0.2, 0) is 16.0 Å². The fraction of sp³-hybridized carbons (Fsp3) is 0.714. The zero-order valence-corrected chi connectivity index (χ0v) is 12.3. The summed E-state index contributed by atoms with van der Waals surface area (Å²) in [7, 11) is 0. The molecule has 1 aromatic heterocycles. The highest BCUT2D eigenvalue weighted by atomic mass is 16.5. The van der Waals surface area contributed by atoms with E-state index in [-0.39, 0.29) is 30.2 Å². The van der Waals surface area contributed by atoms with E-state index < -0.39 is 5.97 Å². The van der Waals surface area contributed by atoms with Crippen molar-refractivity contribution in [1.82, 2.24) is 15.5 Å². The Morgan fingerprint density at radius 2 is 2.19 bits per heavy atom. The lowest BCUT2D eigenvalue weighted by molar-refractivity contribution is -0.141. The number of aliphatic carboxylic acids is 1. The molecular formula is C14H21N3O4. The predicted octanol–water partition coefficient (Wildman–Crippen LogP) is 1.50. The summed E-state index contributed by atoms with van der Waals surface area (Å²) < 4.78 is 5.08. The Morgan fingerprint density at radius 1 is 1.43 bits per heavy atom. The van der Waals surface area contributed by atoms with Crippen LogP contribution in [0.3, 0.4) is 0 Å². The quantitative estimate of drug-likeness (QED) is 0.823. The van der Waals surface area contributed by atoms with Crippen LogP contribution < -0.4 is 5.32 Å². The van der Waals surface area contributed by atoms with Crippen molar-refractivity contribution in [3.05, 3.63) is 11.7 Å². The van der Waals surface area contributed by atoms with Crippen molar-refractivity contribution in [2.24, 2.45) is 5.92 Å². The van der Waals surface area contributed by atoms with E-state index in [0.717, 1.165) is 6.42 Å². The Labute approximate surface area is 123 Å². The van der Waals surface area contributed by atoms with E-state index in [0.29, 0.717) is 31.0 Å². The molecule has 0 radical (unpaired) electrons. The van der Waals surface area contributed by atoms with E-state index in [1.165, 1.54) is 0 Å². The van der Waals surface area contributed by atoms with E-state index in [1.54, 1.807) is 0 Å². The van der Waals surface area contributed by atoms with Gasteiger partial charge in [0.15, 0.2) is 5.82 Å². The molecule has 1 fully saturated rings. The van der Waals surface area contributed by atoms with Gasteiger partial charge in [0, 0.05) is 24.8 Å². The van der Waals surface area contributed by atoms with Gasteiger partial charge < -0.3 is 14.9 Å². The molecule has 0 aliphatic heterocycles. The number of hydrogen-bond donors (Lipinski definition) is 2. The summed E-state index contributed by atoms with van der Waals surface area (Å²) in [6.07, 6.45) is 2.54. The zero-order valence-electron chi connectivity index (χ0n) is 12.3. The highest BCUT2D eigenvalue weighted by Gasteiger charge is 2.30. The van der Waals surface area contributed by atoms with Gasteiger partial charge in [-0.05, 0) is 19.3 Å². The molecule has 7 nitrogen and oxygen atoms in total. The first-order valence-corrected chi connectivity index (χ1v) is 7.30. The minimum Gasteiger partial charge on any atom is -0.481 e. The molecule has 0 spiro atoms. The number of aryl methyl sites for hydroxylation is 1. The molecular weight excluding hydrogens is 274 g/mol. The molecule has 1 heterocycles. The summed E-state index contributed by atoms with van der Waals surface area (Å²) in [6, 6.07) is -0.0347. The van der Waals surface area contributed by atoms with Crippen LogP contribution >= 0.6 is 0 Å². The number of nitrogens with zero attached hydrogens (tertiary/aromatic N) is 2. The molecule has 116 valence electrons. The second kappa shape index (κ2) is 6.69. The Morgan fingerprint density at radius 3 is 2.76 bits per heavy atom. The lowest BCUT2D eigenvalue weighted by Gasteiger charge is -2.11. The Hall–Kier alpha value is -1.92. The van der Waals surface area contributed by atoms with Crippen molar-refractivity contribution >= 4 is 11.9 Å². The van der Waals surface area contributed by atoms with Crippen molar-refractivity contribution in [3.63, 3.8) is 0 Å². The largest absolute Gasteiger partial charge is 0.481 e. The minimum absolute atomic E-state index is 0.0347. The van der Waals surface area contributed by atoms with Gasteiger partial charge >= 0.3 is 5.97 Å². The van der Waals surface area contributed by atoms with Gasteiger partial charge in [-0.3, -0.25) is 9.59 Å². The first-order valence-electron chi connectivity index (χ1n) is 7.30. The van der Waals surface area contributed by atoms with Crippen molar-refractivity contribution < 1.29 is 19.2 Å². The average Bonchev–Trinajstić information content (AvgIpc) is 3.05. The number of carboxylic acids is 1. The van der Waals surface area contributed by atoms with Gasteiger partial charge in [-0.25, -0.2) is 0 Å². The van der Waals surface area contributed by atoms with Crippen molar-refractivity contribution in [1.29, 1.82) is 0 Å². The number of hydrogen-bond acceptors (Lipinski definition) is 5. The Balaban J connectivity index is 1.73. The molecule has 0 bridgehead atoms. The SMILES string of the molecule is CC(C)c1noc(CCC(=O)N[C@@H]2CC[C@H](C(=O)O)C2)n1. The maximum atomic E-state index is 11.8. The van der Waals surface area contributed by atoms with E-state index in [9.17, 15) is 9.59 Å². The predicted molar refractivity (Wildman–Crippen MR) is 73.6 cm³/mol. The molecule has 1 amide bonds. The number of rotatable bonds is 6. The molecule has 2 N–H and O–H groups in total. The van der Waals surface area contributed by atoms with E-state index in [4.69, 9.17) is 9.63 Å². The average molecular weight is 295 g/mol. The normalized spacial score (nSPS) is 21.7. The van der Waals surface area contributed by atoms with Crippen LogP contribution in [0.2, 0.25) is 0 Å². The molecule has 2 atom stereocenters. The molecule has 0 saturated heterocycles. The molecule has 7 heteroatoms. The summed E-state index contributed by atoms with van der Waals surface area (Å²) in [5.41, 5.74) is 0. The van der Waals surface area contributed by atoms with Gasteiger partial charge in [0.05, 0.1) is 5.92 Å². The van der Waals surface area contributed by atoms with Crippen LogP contribution in [-0.4, -0.2) is 33.2 Å². The van der Waals surface area contributed by atoms with Gasteiger partial charge in [-0.2, -0.15) is 4.98 Å². The van der Waals surface area contributed by atoms with Crippen LogP contribution in [0, 0.1) is 5.92 Å². The number of carboxylic acid groups (broad SMARTS) is 1.